The van der Waals surface area contributed by atoms with Crippen LogP contribution >= 0.6 is 0 Å². The lowest BCUT2D eigenvalue weighted by atomic mass is 9.75. The van der Waals surface area contributed by atoms with Crippen molar-refractivity contribution in [2.75, 3.05) is 19.0 Å². The topological polar surface area (TPSA) is 47.4 Å². The summed E-state index contributed by atoms with van der Waals surface area (Å²) in [6.45, 7) is 8.95. The highest BCUT2D eigenvalue weighted by molar-refractivity contribution is 5.85. The molecule has 1 heterocycles. The average molecular weight is 488 g/mol. The van der Waals surface area contributed by atoms with E-state index in [0.29, 0.717) is 23.7 Å². The van der Waals surface area contributed by atoms with Crippen LogP contribution in [0.25, 0.3) is 22.4 Å². The number of nitrogens with zero attached hydrogens (tertiary/aromatic N) is 3. The number of anilines is 1. The van der Waals surface area contributed by atoms with Crippen LogP contribution in [0.15, 0.2) is 42.5 Å². The number of carbonyl (C=O) groups excluding carboxylic acids is 1. The Morgan fingerprint density at radius 2 is 1.83 bits per heavy atom. The molecule has 0 N–H and O–H groups in total. The maximum atomic E-state index is 14.0. The number of hydrogen-bond donors (Lipinski definition) is 0. The van der Waals surface area contributed by atoms with Gasteiger partial charge in [0.15, 0.2) is 0 Å². The number of carbonyl (C=O) groups is 1. The van der Waals surface area contributed by atoms with Crippen molar-refractivity contribution in [3.8, 4) is 11.4 Å². The van der Waals surface area contributed by atoms with Gasteiger partial charge in [0.25, 0.3) is 0 Å². The van der Waals surface area contributed by atoms with Crippen LogP contribution in [0.1, 0.15) is 64.5 Å². The van der Waals surface area contributed by atoms with Crippen molar-refractivity contribution in [3.63, 3.8) is 0 Å². The van der Waals surface area contributed by atoms with Gasteiger partial charge in [-0.3, -0.25) is 0 Å². The molecule has 192 valence electrons. The predicted molar refractivity (Wildman–Crippen MR) is 147 cm³/mol. The van der Waals surface area contributed by atoms with E-state index in [9.17, 15) is 4.79 Å². The molecule has 0 spiro atoms. The highest BCUT2D eigenvalue weighted by atomic mass is 16.5. The van der Waals surface area contributed by atoms with Gasteiger partial charge in [0.1, 0.15) is 18.0 Å². The first-order valence-electron chi connectivity index (χ1n) is 13.7. The Labute approximate surface area is 215 Å². The SMILES string of the molecule is Cc1cc(-c2nc3ccccc3n2[C@@H](C(=O)O[C@@H]2CC(C)CCC2C(C)C)C2CC2)ccc1N(C)C. The number of ether oxygens (including phenoxy) is 1. The van der Waals surface area contributed by atoms with Crippen molar-refractivity contribution < 1.29 is 9.53 Å². The third kappa shape index (κ3) is 4.77. The minimum Gasteiger partial charge on any atom is -0.461 e. The van der Waals surface area contributed by atoms with Crippen molar-refractivity contribution in [3.05, 3.63) is 48.0 Å². The van der Waals surface area contributed by atoms with E-state index in [1.807, 2.05) is 18.2 Å². The third-order valence-electron chi connectivity index (χ3n) is 8.35. The number of benzene rings is 2. The first-order valence-corrected chi connectivity index (χ1v) is 13.7. The van der Waals surface area contributed by atoms with Crippen molar-refractivity contribution in [2.24, 2.45) is 23.7 Å². The first kappa shape index (κ1) is 24.9. The molecular weight excluding hydrogens is 446 g/mol. The van der Waals surface area contributed by atoms with Crippen LogP contribution in [-0.2, 0) is 9.53 Å². The molecule has 4 atom stereocenters. The Morgan fingerprint density at radius 1 is 1.08 bits per heavy atom. The van der Waals surface area contributed by atoms with Gasteiger partial charge >= 0.3 is 5.97 Å². The molecule has 2 unspecified atom stereocenters. The molecule has 36 heavy (non-hydrogen) atoms. The van der Waals surface area contributed by atoms with Gasteiger partial charge in [0, 0.05) is 25.3 Å². The highest BCUT2D eigenvalue weighted by Gasteiger charge is 2.43. The molecule has 2 aromatic carbocycles. The van der Waals surface area contributed by atoms with Gasteiger partial charge < -0.3 is 14.2 Å². The van der Waals surface area contributed by atoms with Crippen LogP contribution in [-0.4, -0.2) is 35.7 Å². The normalized spacial score (nSPS) is 23.1. The molecule has 1 aromatic heterocycles. The van der Waals surface area contributed by atoms with Gasteiger partial charge in [-0.25, -0.2) is 9.78 Å². The average Bonchev–Trinajstić information content (AvgIpc) is 3.59. The van der Waals surface area contributed by atoms with Crippen molar-refractivity contribution >= 4 is 22.7 Å². The molecule has 2 saturated carbocycles. The Morgan fingerprint density at radius 3 is 2.50 bits per heavy atom. The monoisotopic (exact) mass is 487 g/mol. The number of hydrogen-bond acceptors (Lipinski definition) is 4. The number of para-hydroxylation sites is 2. The quantitative estimate of drug-likeness (QED) is 0.336. The number of esters is 1. The Balaban J connectivity index is 1.56. The molecule has 0 amide bonds. The van der Waals surface area contributed by atoms with Gasteiger partial charge in [-0.2, -0.15) is 0 Å². The second-order valence-corrected chi connectivity index (χ2v) is 11.8. The number of imidazole rings is 1. The zero-order chi connectivity index (χ0) is 25.6. The number of rotatable bonds is 7. The van der Waals surface area contributed by atoms with Gasteiger partial charge in [-0.15, -0.1) is 0 Å². The maximum absolute atomic E-state index is 14.0. The van der Waals surface area contributed by atoms with Crippen molar-refractivity contribution in [2.45, 2.75) is 71.9 Å². The lowest BCUT2D eigenvalue weighted by Crippen LogP contribution is -2.38. The van der Waals surface area contributed by atoms with E-state index in [2.05, 4.69) is 75.5 Å². The smallest absolute Gasteiger partial charge is 0.329 e. The number of fused-ring (bicyclic) bond motifs is 1. The molecule has 0 saturated heterocycles. The van der Waals surface area contributed by atoms with Crippen LogP contribution in [0.4, 0.5) is 5.69 Å². The van der Waals surface area contributed by atoms with E-state index in [1.54, 1.807) is 0 Å². The van der Waals surface area contributed by atoms with Gasteiger partial charge in [0.2, 0.25) is 0 Å². The van der Waals surface area contributed by atoms with E-state index >= 15 is 0 Å². The van der Waals surface area contributed by atoms with Crippen LogP contribution in [0.2, 0.25) is 0 Å². The Bertz CT molecular complexity index is 1240. The van der Waals surface area contributed by atoms with E-state index in [-0.39, 0.29) is 18.1 Å². The molecular formula is C31H41N3O2. The molecule has 2 aliphatic carbocycles. The maximum Gasteiger partial charge on any atom is 0.329 e. The fourth-order valence-corrected chi connectivity index (χ4v) is 6.22. The molecule has 2 aliphatic rings. The van der Waals surface area contributed by atoms with Gasteiger partial charge in [-0.05, 0) is 92.2 Å². The summed E-state index contributed by atoms with van der Waals surface area (Å²) in [5, 5.41) is 0. The van der Waals surface area contributed by atoms with Crippen LogP contribution in [0.3, 0.4) is 0 Å². The van der Waals surface area contributed by atoms with Crippen molar-refractivity contribution in [1.29, 1.82) is 0 Å². The summed E-state index contributed by atoms with van der Waals surface area (Å²) in [5.74, 6) is 2.63. The van der Waals surface area contributed by atoms with Gasteiger partial charge in [-0.1, -0.05) is 39.3 Å². The molecule has 5 heteroatoms. The second kappa shape index (κ2) is 9.91. The Hall–Kier alpha value is -2.82. The predicted octanol–water partition coefficient (Wildman–Crippen LogP) is 7.03. The molecule has 3 aromatic rings. The molecule has 5 nitrogen and oxygen atoms in total. The minimum atomic E-state index is -0.341. The van der Waals surface area contributed by atoms with Crippen molar-refractivity contribution in [1.82, 2.24) is 9.55 Å². The summed E-state index contributed by atoms with van der Waals surface area (Å²) in [6.07, 6.45) is 5.44. The fourth-order valence-electron chi connectivity index (χ4n) is 6.22. The number of aromatic nitrogens is 2. The summed E-state index contributed by atoms with van der Waals surface area (Å²) >= 11 is 0. The minimum absolute atomic E-state index is 0.00218. The summed E-state index contributed by atoms with van der Waals surface area (Å²) in [4.78, 5) is 21.2. The van der Waals surface area contributed by atoms with E-state index in [0.717, 1.165) is 48.1 Å². The van der Waals surface area contributed by atoms with Crippen LogP contribution in [0, 0.1) is 30.6 Å². The summed E-state index contributed by atoms with van der Waals surface area (Å²) < 4.78 is 8.63. The summed E-state index contributed by atoms with van der Waals surface area (Å²) in [5.41, 5.74) is 5.35. The lowest BCUT2D eigenvalue weighted by molar-refractivity contribution is -0.160. The lowest BCUT2D eigenvalue weighted by Gasteiger charge is -2.37. The van der Waals surface area contributed by atoms with E-state index in [4.69, 9.17) is 9.72 Å². The van der Waals surface area contributed by atoms with E-state index < -0.39 is 0 Å². The molecule has 0 aliphatic heterocycles. The molecule has 5 rings (SSSR count). The Kier molecular flexibility index (Phi) is 6.84. The van der Waals surface area contributed by atoms with E-state index in [1.165, 1.54) is 17.7 Å². The summed E-state index contributed by atoms with van der Waals surface area (Å²) in [7, 11) is 4.12. The third-order valence-corrected chi connectivity index (χ3v) is 8.35. The fraction of sp³-hybridized carbons (Fsp3) is 0.548. The zero-order valence-corrected chi connectivity index (χ0v) is 22.7. The molecule has 0 bridgehead atoms. The first-order chi connectivity index (χ1) is 17.2. The standard InChI is InChI=1S/C31H41N3O2/c1-19(2)24-15-11-20(3)17-28(24)36-31(35)29(22-12-13-22)34-27-10-8-7-9-25(27)32-30(34)23-14-16-26(33(5)6)21(4)18-23/h7-10,14,16,18-20,22,24,28-29H,11-13,15,17H2,1-6H3/t20?,24?,28-,29-/m1/s1. The summed E-state index contributed by atoms with van der Waals surface area (Å²) in [6, 6.07) is 14.3. The second-order valence-electron chi connectivity index (χ2n) is 11.8. The molecule has 0 radical (unpaired) electrons. The zero-order valence-electron chi connectivity index (χ0n) is 22.7. The largest absolute Gasteiger partial charge is 0.461 e. The molecule has 2 fully saturated rings. The number of aryl methyl sites for hydroxylation is 1. The van der Waals surface area contributed by atoms with Crippen LogP contribution < -0.4 is 4.90 Å². The van der Waals surface area contributed by atoms with Gasteiger partial charge in [0.05, 0.1) is 11.0 Å². The highest BCUT2D eigenvalue weighted by Crippen LogP contribution is 2.45. The van der Waals surface area contributed by atoms with Crippen LogP contribution in [0.5, 0.6) is 0 Å².